The molecule has 3 rings (SSSR count). The maximum atomic E-state index is 14.2. The Morgan fingerprint density at radius 1 is 1.27 bits per heavy atom. The molecule has 1 atom stereocenters. The van der Waals surface area contributed by atoms with Crippen LogP contribution in [0.2, 0.25) is 0 Å². The van der Waals surface area contributed by atoms with Gasteiger partial charge in [-0.05, 0) is 43.7 Å². The number of amidine groups is 1. The number of hydrogen-bond donors (Lipinski definition) is 2. The van der Waals surface area contributed by atoms with Crippen LogP contribution in [0.25, 0.3) is 5.57 Å². The van der Waals surface area contributed by atoms with Gasteiger partial charge in [-0.25, -0.2) is 4.39 Å². The van der Waals surface area contributed by atoms with Crippen molar-refractivity contribution >= 4 is 34.8 Å². The summed E-state index contributed by atoms with van der Waals surface area (Å²) in [4.78, 5) is 37.2. The average molecular weight is 413 g/mol. The molecule has 0 bridgehead atoms. The van der Waals surface area contributed by atoms with Gasteiger partial charge in [0, 0.05) is 29.0 Å². The molecule has 154 valence electrons. The fourth-order valence-corrected chi connectivity index (χ4v) is 2.77. The summed E-state index contributed by atoms with van der Waals surface area (Å²) in [5, 5.41) is 22.4. The number of non-ortho nitro benzene ring substituents is 1. The first-order chi connectivity index (χ1) is 14.2. The van der Waals surface area contributed by atoms with E-state index in [9.17, 15) is 24.1 Å². The van der Waals surface area contributed by atoms with Gasteiger partial charge in [0.2, 0.25) is 5.76 Å². The number of carboxylic acid groups (broad SMARTS) is 1. The van der Waals surface area contributed by atoms with Crippen LogP contribution in [0.15, 0.2) is 53.2 Å². The van der Waals surface area contributed by atoms with E-state index in [1.165, 1.54) is 43.3 Å². The number of ether oxygens (including phenoxy) is 1. The molecule has 2 aromatic rings. The van der Waals surface area contributed by atoms with Gasteiger partial charge < -0.3 is 15.2 Å². The van der Waals surface area contributed by atoms with Crippen molar-refractivity contribution in [2.45, 2.75) is 19.8 Å². The number of allylic oxidation sites excluding steroid dienone is 1. The first-order valence-electron chi connectivity index (χ1n) is 8.73. The lowest BCUT2D eigenvalue weighted by Crippen LogP contribution is -2.13. The van der Waals surface area contributed by atoms with Gasteiger partial charge in [0.05, 0.1) is 10.8 Å². The van der Waals surface area contributed by atoms with Crippen molar-refractivity contribution < 1.29 is 28.7 Å². The third-order valence-corrected chi connectivity index (χ3v) is 4.54. The van der Waals surface area contributed by atoms with E-state index in [1.54, 1.807) is 6.92 Å². The van der Waals surface area contributed by atoms with Crippen LogP contribution in [0, 0.1) is 15.9 Å². The zero-order chi connectivity index (χ0) is 22.0. The molecule has 1 aliphatic heterocycles. The van der Waals surface area contributed by atoms with Gasteiger partial charge in [-0.1, -0.05) is 6.07 Å². The second kappa shape index (κ2) is 8.11. The number of nitrogens with one attached hydrogen (secondary N) is 1. The highest BCUT2D eigenvalue weighted by atomic mass is 19.1. The molecule has 0 aromatic heterocycles. The maximum absolute atomic E-state index is 14.2. The Hall–Kier alpha value is -4.08. The number of aliphatic imine (C=N–C) groups is 1. The van der Waals surface area contributed by atoms with Gasteiger partial charge in [0.15, 0.2) is 0 Å². The van der Waals surface area contributed by atoms with E-state index >= 15 is 0 Å². The molecule has 10 heteroatoms. The molecule has 9 nitrogen and oxygen atoms in total. The van der Waals surface area contributed by atoms with E-state index in [0.717, 1.165) is 6.07 Å². The number of carbonyl (C=O) groups excluding carboxylic acids is 1. The van der Waals surface area contributed by atoms with Crippen molar-refractivity contribution in [2.75, 3.05) is 5.32 Å². The van der Waals surface area contributed by atoms with Gasteiger partial charge in [-0.2, -0.15) is 4.99 Å². The van der Waals surface area contributed by atoms with E-state index in [0.29, 0.717) is 11.1 Å². The number of nitro benzene ring substituents is 1. The fraction of sp³-hybridized carbons (Fsp3) is 0.150. The van der Waals surface area contributed by atoms with Gasteiger partial charge in [0.1, 0.15) is 5.82 Å². The van der Waals surface area contributed by atoms with Gasteiger partial charge >= 0.3 is 17.9 Å². The lowest BCUT2D eigenvalue weighted by atomic mass is 10.0. The topological polar surface area (TPSA) is 131 Å². The summed E-state index contributed by atoms with van der Waals surface area (Å²) in [5.41, 5.74) is 1.12. The second-order valence-corrected chi connectivity index (χ2v) is 6.50. The highest BCUT2D eigenvalue weighted by molar-refractivity contribution is 6.13. The van der Waals surface area contributed by atoms with Crippen LogP contribution in [0.5, 0.6) is 0 Å². The molecular weight excluding hydrogens is 397 g/mol. The monoisotopic (exact) mass is 413 g/mol. The molecule has 1 aliphatic rings. The van der Waals surface area contributed by atoms with Crippen LogP contribution < -0.4 is 5.32 Å². The molecule has 0 spiro atoms. The molecule has 0 saturated carbocycles. The number of hydrogen-bond acceptors (Lipinski definition) is 6. The Morgan fingerprint density at radius 3 is 2.50 bits per heavy atom. The molecule has 30 heavy (non-hydrogen) atoms. The highest BCUT2D eigenvalue weighted by Crippen LogP contribution is 2.27. The zero-order valence-electron chi connectivity index (χ0n) is 15.9. The van der Waals surface area contributed by atoms with E-state index in [4.69, 9.17) is 9.84 Å². The summed E-state index contributed by atoms with van der Waals surface area (Å²) in [5.74, 6) is -3.62. The number of carboxylic acids is 1. The van der Waals surface area contributed by atoms with E-state index in [-0.39, 0.29) is 28.7 Å². The SMILES string of the molecule is C/C(=C1\OC(Nc2ccc(C(C)C(=O)O)c(F)c2)=NC1=O)c1ccc([N+](=O)[O-])cc1. The average Bonchev–Trinajstić information content (AvgIpc) is 3.07. The van der Waals surface area contributed by atoms with Crippen LogP contribution in [-0.4, -0.2) is 27.9 Å². The number of benzene rings is 2. The first-order valence-corrected chi connectivity index (χ1v) is 8.73. The number of nitro groups is 1. The smallest absolute Gasteiger partial charge is 0.317 e. The number of amides is 1. The van der Waals surface area contributed by atoms with Crippen LogP contribution in [-0.2, 0) is 14.3 Å². The zero-order valence-corrected chi connectivity index (χ0v) is 15.9. The third-order valence-electron chi connectivity index (χ3n) is 4.54. The number of rotatable bonds is 5. The summed E-state index contributed by atoms with van der Waals surface area (Å²) in [6.07, 6.45) is 0. The fourth-order valence-electron chi connectivity index (χ4n) is 2.77. The number of carbonyl (C=O) groups is 2. The van der Waals surface area contributed by atoms with Crippen LogP contribution in [0.4, 0.5) is 15.8 Å². The summed E-state index contributed by atoms with van der Waals surface area (Å²) < 4.78 is 19.7. The van der Waals surface area contributed by atoms with Crippen molar-refractivity contribution in [3.8, 4) is 0 Å². The van der Waals surface area contributed by atoms with Crippen molar-refractivity contribution in [3.05, 3.63) is 75.3 Å². The molecule has 2 aromatic carbocycles. The molecule has 1 heterocycles. The first kappa shape index (κ1) is 20.6. The van der Waals surface area contributed by atoms with Gasteiger partial charge in [-0.3, -0.25) is 19.7 Å². The number of aliphatic carboxylic acids is 1. The predicted octanol–water partition coefficient (Wildman–Crippen LogP) is 3.68. The number of halogens is 1. The predicted molar refractivity (Wildman–Crippen MR) is 105 cm³/mol. The Morgan fingerprint density at radius 2 is 1.93 bits per heavy atom. The molecule has 0 fully saturated rings. The Labute approximate surface area is 169 Å². The van der Waals surface area contributed by atoms with Crippen molar-refractivity contribution in [3.63, 3.8) is 0 Å². The number of nitrogens with zero attached hydrogens (tertiary/aromatic N) is 2. The molecule has 0 radical (unpaired) electrons. The van der Waals surface area contributed by atoms with Crippen LogP contribution in [0.1, 0.15) is 30.9 Å². The molecule has 2 N–H and O–H groups in total. The Bertz CT molecular complexity index is 1110. The number of anilines is 1. The molecular formula is C20H16FN3O6. The Balaban J connectivity index is 1.77. The third kappa shape index (κ3) is 4.17. The summed E-state index contributed by atoms with van der Waals surface area (Å²) >= 11 is 0. The molecule has 1 amide bonds. The second-order valence-electron chi connectivity index (χ2n) is 6.50. The molecule has 0 saturated heterocycles. The maximum Gasteiger partial charge on any atom is 0.317 e. The lowest BCUT2D eigenvalue weighted by Gasteiger charge is -2.11. The van der Waals surface area contributed by atoms with Gasteiger partial charge in [-0.15, -0.1) is 0 Å². The summed E-state index contributed by atoms with van der Waals surface area (Å²) in [6.45, 7) is 2.98. The minimum absolute atomic E-state index is 0.0213. The standard InChI is InChI=1S/C20H16FN3O6/c1-10(12-3-6-14(7-4-12)24(28)29)17-18(25)23-20(30-17)22-13-5-8-15(16(21)9-13)11(2)19(26)27/h3-9,11H,1-2H3,(H,26,27)(H,22,23,25)/b17-10+. The van der Waals surface area contributed by atoms with Crippen LogP contribution >= 0.6 is 0 Å². The Kier molecular flexibility index (Phi) is 5.58. The minimum atomic E-state index is -1.15. The van der Waals surface area contributed by atoms with Crippen molar-refractivity contribution in [1.82, 2.24) is 0 Å². The normalized spacial score (nSPS) is 15.8. The quantitative estimate of drug-likeness (QED) is 0.434. The van der Waals surface area contributed by atoms with Crippen molar-refractivity contribution in [2.24, 2.45) is 4.99 Å². The largest absolute Gasteiger partial charge is 0.481 e. The summed E-state index contributed by atoms with van der Waals surface area (Å²) in [6, 6.07) is 9.26. The van der Waals surface area contributed by atoms with Crippen LogP contribution in [0.3, 0.4) is 0 Å². The van der Waals surface area contributed by atoms with E-state index in [1.807, 2.05) is 0 Å². The molecule has 0 aliphatic carbocycles. The minimum Gasteiger partial charge on any atom is -0.481 e. The van der Waals surface area contributed by atoms with Crippen molar-refractivity contribution in [1.29, 1.82) is 0 Å². The lowest BCUT2D eigenvalue weighted by molar-refractivity contribution is -0.384. The molecule has 1 unspecified atom stereocenters. The summed E-state index contributed by atoms with van der Waals surface area (Å²) in [7, 11) is 0. The van der Waals surface area contributed by atoms with E-state index < -0.39 is 28.5 Å². The van der Waals surface area contributed by atoms with E-state index in [2.05, 4.69) is 10.3 Å². The van der Waals surface area contributed by atoms with Gasteiger partial charge in [0.25, 0.3) is 5.69 Å². The highest BCUT2D eigenvalue weighted by Gasteiger charge is 2.26.